The highest BCUT2D eigenvalue weighted by Crippen LogP contribution is 2.39. The predicted octanol–water partition coefficient (Wildman–Crippen LogP) is 4.06. The minimum atomic E-state index is 0.00454. The van der Waals surface area contributed by atoms with Crippen LogP contribution in [0, 0.1) is 11.8 Å². The molecular weight excluding hydrogens is 220 g/mol. The zero-order valence-corrected chi connectivity index (χ0v) is 10.5. The summed E-state index contributed by atoms with van der Waals surface area (Å²) in [6.07, 6.45) is 1.81. The number of benzene rings is 1. The van der Waals surface area contributed by atoms with Gasteiger partial charge < -0.3 is 0 Å². The van der Waals surface area contributed by atoms with Gasteiger partial charge in [-0.15, -0.1) is 0 Å². The average molecular weight is 237 g/mol. The lowest BCUT2D eigenvalue weighted by molar-refractivity contribution is -0.124. The summed E-state index contributed by atoms with van der Waals surface area (Å²) in [5, 5.41) is 0.724. The molecular formula is C14H17ClO. The van der Waals surface area contributed by atoms with Gasteiger partial charge in [0.15, 0.2) is 0 Å². The number of carbonyl (C=O) groups excluding carboxylic acids is 1. The van der Waals surface area contributed by atoms with Gasteiger partial charge in [-0.05, 0) is 29.9 Å². The summed E-state index contributed by atoms with van der Waals surface area (Å²) >= 11 is 6.17. The molecule has 1 fully saturated rings. The normalized spacial score (nSPS) is 30.4. The number of hydrogen-bond donors (Lipinski definition) is 0. The molecule has 0 heterocycles. The van der Waals surface area contributed by atoms with Crippen molar-refractivity contribution in [3.63, 3.8) is 0 Å². The maximum Gasteiger partial charge on any atom is 0.140 e. The Labute approximate surface area is 102 Å². The molecule has 86 valence electrons. The van der Waals surface area contributed by atoms with E-state index < -0.39 is 0 Å². The molecule has 0 aromatic heterocycles. The molecule has 0 amide bonds. The molecule has 1 unspecified atom stereocenters. The Morgan fingerprint density at radius 1 is 1.25 bits per heavy atom. The second-order valence-corrected chi connectivity index (χ2v) is 5.39. The number of ketones is 1. The Kier molecular flexibility index (Phi) is 3.34. The molecule has 3 atom stereocenters. The van der Waals surface area contributed by atoms with Crippen LogP contribution >= 0.6 is 11.6 Å². The Morgan fingerprint density at radius 2 is 1.94 bits per heavy atom. The maximum atomic E-state index is 12.1. The van der Waals surface area contributed by atoms with E-state index in [-0.39, 0.29) is 5.92 Å². The van der Waals surface area contributed by atoms with Crippen molar-refractivity contribution < 1.29 is 4.79 Å². The maximum absolute atomic E-state index is 12.1. The Hall–Kier alpha value is -0.820. The van der Waals surface area contributed by atoms with Gasteiger partial charge in [-0.25, -0.2) is 0 Å². The third-order valence-electron chi connectivity index (χ3n) is 3.48. The van der Waals surface area contributed by atoms with Crippen molar-refractivity contribution in [3.05, 3.63) is 34.9 Å². The molecule has 0 spiro atoms. The fourth-order valence-electron chi connectivity index (χ4n) is 2.85. The van der Waals surface area contributed by atoms with Crippen LogP contribution in [0.1, 0.15) is 38.2 Å². The van der Waals surface area contributed by atoms with Crippen LogP contribution in [0.5, 0.6) is 0 Å². The van der Waals surface area contributed by atoms with E-state index in [1.54, 1.807) is 0 Å². The minimum absolute atomic E-state index is 0.00454. The van der Waals surface area contributed by atoms with Crippen molar-refractivity contribution in [3.8, 4) is 0 Å². The zero-order valence-electron chi connectivity index (χ0n) is 9.74. The fourth-order valence-corrected chi connectivity index (χ4v) is 3.10. The van der Waals surface area contributed by atoms with Crippen molar-refractivity contribution in [2.45, 2.75) is 32.6 Å². The van der Waals surface area contributed by atoms with Crippen LogP contribution in [0.2, 0.25) is 5.02 Å². The molecule has 1 aromatic rings. The van der Waals surface area contributed by atoms with E-state index >= 15 is 0 Å². The highest BCUT2D eigenvalue weighted by Gasteiger charge is 2.34. The lowest BCUT2D eigenvalue weighted by atomic mass is 9.72. The molecule has 1 aliphatic carbocycles. The molecule has 1 saturated carbocycles. The van der Waals surface area contributed by atoms with E-state index in [1.807, 2.05) is 24.3 Å². The SMILES string of the molecule is C[C@@H]1CC(=O)C(c2ccccc2Cl)[C@H](C)C1. The summed E-state index contributed by atoms with van der Waals surface area (Å²) in [5.41, 5.74) is 1.01. The molecule has 16 heavy (non-hydrogen) atoms. The molecule has 0 aliphatic heterocycles. The van der Waals surface area contributed by atoms with Gasteiger partial charge in [0.25, 0.3) is 0 Å². The topological polar surface area (TPSA) is 17.1 Å². The van der Waals surface area contributed by atoms with Crippen molar-refractivity contribution >= 4 is 17.4 Å². The van der Waals surface area contributed by atoms with Crippen LogP contribution in [0.15, 0.2) is 24.3 Å². The van der Waals surface area contributed by atoms with Gasteiger partial charge in [-0.3, -0.25) is 4.79 Å². The largest absolute Gasteiger partial charge is 0.299 e. The first kappa shape index (κ1) is 11.7. The lowest BCUT2D eigenvalue weighted by Gasteiger charge is -2.32. The summed E-state index contributed by atoms with van der Waals surface area (Å²) in [5.74, 6) is 1.27. The van der Waals surface area contributed by atoms with E-state index in [0.29, 0.717) is 24.0 Å². The van der Waals surface area contributed by atoms with E-state index in [1.165, 1.54) is 0 Å². The van der Waals surface area contributed by atoms with Gasteiger partial charge in [-0.1, -0.05) is 43.6 Å². The van der Waals surface area contributed by atoms with Gasteiger partial charge in [0.1, 0.15) is 5.78 Å². The van der Waals surface area contributed by atoms with Crippen molar-refractivity contribution in [2.24, 2.45) is 11.8 Å². The third-order valence-corrected chi connectivity index (χ3v) is 3.82. The van der Waals surface area contributed by atoms with Crippen molar-refractivity contribution in [2.75, 3.05) is 0 Å². The fraction of sp³-hybridized carbons (Fsp3) is 0.500. The molecule has 1 aromatic carbocycles. The van der Waals surface area contributed by atoms with Crippen LogP contribution < -0.4 is 0 Å². The van der Waals surface area contributed by atoms with Crippen LogP contribution in [0.3, 0.4) is 0 Å². The standard InChI is InChI=1S/C14H17ClO/c1-9-7-10(2)14(13(16)8-9)11-5-3-4-6-12(11)15/h3-6,9-10,14H,7-8H2,1-2H3/t9-,10+,14?/m0/s1. The summed E-state index contributed by atoms with van der Waals surface area (Å²) in [7, 11) is 0. The Morgan fingerprint density at radius 3 is 2.56 bits per heavy atom. The summed E-state index contributed by atoms with van der Waals surface area (Å²) in [4.78, 5) is 12.1. The summed E-state index contributed by atoms with van der Waals surface area (Å²) in [6, 6.07) is 7.72. The van der Waals surface area contributed by atoms with Crippen molar-refractivity contribution in [1.82, 2.24) is 0 Å². The highest BCUT2D eigenvalue weighted by molar-refractivity contribution is 6.31. The van der Waals surface area contributed by atoms with E-state index in [9.17, 15) is 4.79 Å². The number of rotatable bonds is 1. The van der Waals surface area contributed by atoms with E-state index in [2.05, 4.69) is 13.8 Å². The third kappa shape index (κ3) is 2.15. The lowest BCUT2D eigenvalue weighted by Crippen LogP contribution is -2.29. The van der Waals surface area contributed by atoms with E-state index in [0.717, 1.165) is 17.0 Å². The minimum Gasteiger partial charge on any atom is -0.299 e. The first-order valence-electron chi connectivity index (χ1n) is 5.86. The van der Waals surface area contributed by atoms with Crippen LogP contribution in [0.25, 0.3) is 0 Å². The smallest absolute Gasteiger partial charge is 0.140 e. The number of Topliss-reactive ketones (excluding diaryl/α,β-unsaturated/α-hetero) is 1. The monoisotopic (exact) mass is 236 g/mol. The Balaban J connectivity index is 2.33. The molecule has 0 N–H and O–H groups in total. The summed E-state index contributed by atoms with van der Waals surface area (Å²) < 4.78 is 0. The van der Waals surface area contributed by atoms with Gasteiger partial charge in [0.05, 0.1) is 0 Å². The quantitative estimate of drug-likeness (QED) is 0.719. The first-order chi connectivity index (χ1) is 7.59. The van der Waals surface area contributed by atoms with Crippen LogP contribution in [-0.4, -0.2) is 5.78 Å². The van der Waals surface area contributed by atoms with Crippen LogP contribution in [-0.2, 0) is 4.79 Å². The van der Waals surface area contributed by atoms with Crippen molar-refractivity contribution in [1.29, 1.82) is 0 Å². The van der Waals surface area contributed by atoms with Gasteiger partial charge in [0, 0.05) is 17.4 Å². The zero-order chi connectivity index (χ0) is 11.7. The van der Waals surface area contributed by atoms with E-state index in [4.69, 9.17) is 11.6 Å². The molecule has 2 heteroatoms. The molecule has 2 rings (SSSR count). The highest BCUT2D eigenvalue weighted by atomic mass is 35.5. The molecule has 0 radical (unpaired) electrons. The molecule has 1 aliphatic rings. The van der Waals surface area contributed by atoms with Gasteiger partial charge in [-0.2, -0.15) is 0 Å². The first-order valence-corrected chi connectivity index (χ1v) is 6.24. The second kappa shape index (κ2) is 4.58. The predicted molar refractivity (Wildman–Crippen MR) is 66.8 cm³/mol. The summed E-state index contributed by atoms with van der Waals surface area (Å²) in [6.45, 7) is 4.30. The molecule has 0 saturated heterocycles. The van der Waals surface area contributed by atoms with Gasteiger partial charge >= 0.3 is 0 Å². The number of carbonyl (C=O) groups is 1. The average Bonchev–Trinajstić information content (AvgIpc) is 2.19. The second-order valence-electron chi connectivity index (χ2n) is 4.99. The number of halogens is 1. The van der Waals surface area contributed by atoms with Gasteiger partial charge in [0.2, 0.25) is 0 Å². The van der Waals surface area contributed by atoms with Crippen LogP contribution in [0.4, 0.5) is 0 Å². The Bertz CT molecular complexity index is 399. The molecule has 1 nitrogen and oxygen atoms in total. The number of hydrogen-bond acceptors (Lipinski definition) is 1. The molecule has 0 bridgehead atoms.